The van der Waals surface area contributed by atoms with Crippen LogP contribution in [0.3, 0.4) is 0 Å². The Morgan fingerprint density at radius 3 is 1.73 bits per heavy atom. The van der Waals surface area contributed by atoms with Crippen LogP contribution in [-0.2, 0) is 6.54 Å². The lowest BCUT2D eigenvalue weighted by molar-refractivity contribution is 1.04. The Labute approximate surface area is 139 Å². The van der Waals surface area contributed by atoms with Gasteiger partial charge in [0.15, 0.2) is 0 Å². The molecule has 3 heteroatoms. The molecular weight excluding hydrogens is 306 g/mol. The Morgan fingerprint density at radius 1 is 0.636 bits per heavy atom. The Morgan fingerprint density at radius 2 is 1.18 bits per heavy atom. The lowest BCUT2D eigenvalue weighted by atomic mass is 10.2. The van der Waals surface area contributed by atoms with Crippen molar-refractivity contribution in [3.63, 3.8) is 0 Å². The SMILES string of the molecule is NCc1ccc(Sc2ccccc2)c(Sc2ccccc2)c1. The molecule has 0 saturated heterocycles. The lowest BCUT2D eigenvalue weighted by Crippen LogP contribution is -1.96. The van der Waals surface area contributed by atoms with Crippen molar-refractivity contribution >= 4 is 23.5 Å². The summed E-state index contributed by atoms with van der Waals surface area (Å²) in [7, 11) is 0. The first-order valence-electron chi connectivity index (χ1n) is 7.14. The van der Waals surface area contributed by atoms with Gasteiger partial charge in [-0.3, -0.25) is 0 Å². The van der Waals surface area contributed by atoms with E-state index in [1.54, 1.807) is 23.5 Å². The molecule has 0 amide bonds. The zero-order valence-corrected chi connectivity index (χ0v) is 13.7. The molecule has 0 aromatic heterocycles. The van der Waals surface area contributed by atoms with E-state index < -0.39 is 0 Å². The summed E-state index contributed by atoms with van der Waals surface area (Å²) in [5.41, 5.74) is 6.96. The van der Waals surface area contributed by atoms with E-state index in [0.29, 0.717) is 6.54 Å². The molecule has 110 valence electrons. The van der Waals surface area contributed by atoms with Gasteiger partial charge < -0.3 is 5.73 Å². The van der Waals surface area contributed by atoms with Crippen molar-refractivity contribution in [2.75, 3.05) is 0 Å². The molecule has 0 aliphatic carbocycles. The molecule has 2 N–H and O–H groups in total. The molecule has 3 aromatic rings. The van der Waals surface area contributed by atoms with E-state index in [9.17, 15) is 0 Å². The minimum atomic E-state index is 0.568. The van der Waals surface area contributed by atoms with Crippen LogP contribution in [0.15, 0.2) is 98.4 Å². The van der Waals surface area contributed by atoms with E-state index in [0.717, 1.165) is 5.56 Å². The summed E-state index contributed by atoms with van der Waals surface area (Å²) in [6.45, 7) is 0.568. The second-order valence-electron chi connectivity index (χ2n) is 4.82. The van der Waals surface area contributed by atoms with Gasteiger partial charge in [0, 0.05) is 26.1 Å². The van der Waals surface area contributed by atoms with Crippen LogP contribution in [0.4, 0.5) is 0 Å². The van der Waals surface area contributed by atoms with Crippen LogP contribution >= 0.6 is 23.5 Å². The van der Waals surface area contributed by atoms with Gasteiger partial charge in [-0.15, -0.1) is 0 Å². The number of hydrogen-bond acceptors (Lipinski definition) is 3. The molecule has 0 saturated carbocycles. The van der Waals surface area contributed by atoms with Crippen LogP contribution in [0, 0.1) is 0 Å². The first-order valence-corrected chi connectivity index (χ1v) is 8.77. The highest BCUT2D eigenvalue weighted by atomic mass is 32.2. The Bertz CT molecular complexity index is 727. The molecule has 0 radical (unpaired) electrons. The molecule has 1 nitrogen and oxygen atoms in total. The highest BCUT2D eigenvalue weighted by Crippen LogP contribution is 2.39. The van der Waals surface area contributed by atoms with Gasteiger partial charge >= 0.3 is 0 Å². The molecule has 3 rings (SSSR count). The molecule has 0 unspecified atom stereocenters. The van der Waals surface area contributed by atoms with Crippen LogP contribution in [0.25, 0.3) is 0 Å². The van der Waals surface area contributed by atoms with Gasteiger partial charge in [0.2, 0.25) is 0 Å². The minimum absolute atomic E-state index is 0.568. The van der Waals surface area contributed by atoms with E-state index in [1.807, 2.05) is 12.1 Å². The van der Waals surface area contributed by atoms with E-state index in [-0.39, 0.29) is 0 Å². The molecule has 0 fully saturated rings. The fourth-order valence-electron chi connectivity index (χ4n) is 2.07. The van der Waals surface area contributed by atoms with Crippen molar-refractivity contribution in [2.24, 2.45) is 5.73 Å². The molecule has 0 bridgehead atoms. The first kappa shape index (κ1) is 15.2. The summed E-state index contributed by atoms with van der Waals surface area (Å²) in [5, 5.41) is 0. The predicted molar refractivity (Wildman–Crippen MR) is 95.5 cm³/mol. The van der Waals surface area contributed by atoms with Crippen molar-refractivity contribution in [3.8, 4) is 0 Å². The van der Waals surface area contributed by atoms with Gasteiger partial charge in [-0.05, 0) is 42.0 Å². The summed E-state index contributed by atoms with van der Waals surface area (Å²) in [4.78, 5) is 5.00. The Hall–Kier alpha value is -1.68. The Balaban J connectivity index is 1.91. The zero-order valence-electron chi connectivity index (χ0n) is 12.1. The maximum absolute atomic E-state index is 5.80. The molecule has 0 aliphatic rings. The van der Waals surface area contributed by atoms with Crippen LogP contribution in [0.5, 0.6) is 0 Å². The summed E-state index contributed by atoms with van der Waals surface area (Å²) in [5.74, 6) is 0. The van der Waals surface area contributed by atoms with Crippen molar-refractivity contribution in [1.82, 2.24) is 0 Å². The predicted octanol–water partition coefficient (Wildman–Crippen LogP) is 5.45. The maximum atomic E-state index is 5.80. The van der Waals surface area contributed by atoms with Gasteiger partial charge in [0.05, 0.1) is 0 Å². The van der Waals surface area contributed by atoms with E-state index in [4.69, 9.17) is 5.73 Å². The normalized spacial score (nSPS) is 10.6. The second kappa shape index (κ2) is 7.54. The quantitative estimate of drug-likeness (QED) is 0.676. The van der Waals surface area contributed by atoms with Crippen LogP contribution in [0.2, 0.25) is 0 Å². The highest BCUT2D eigenvalue weighted by Gasteiger charge is 2.07. The monoisotopic (exact) mass is 323 g/mol. The van der Waals surface area contributed by atoms with Gasteiger partial charge in [-0.25, -0.2) is 0 Å². The molecule has 22 heavy (non-hydrogen) atoms. The summed E-state index contributed by atoms with van der Waals surface area (Å²) >= 11 is 3.58. The van der Waals surface area contributed by atoms with Crippen molar-refractivity contribution in [3.05, 3.63) is 84.4 Å². The number of hydrogen-bond donors (Lipinski definition) is 1. The zero-order chi connectivity index (χ0) is 15.2. The molecule has 0 atom stereocenters. The molecule has 0 aliphatic heterocycles. The molecule has 0 heterocycles. The van der Waals surface area contributed by atoms with E-state index in [1.165, 1.54) is 19.6 Å². The van der Waals surface area contributed by atoms with Crippen LogP contribution in [0.1, 0.15) is 5.56 Å². The average Bonchev–Trinajstić information content (AvgIpc) is 2.58. The smallest absolute Gasteiger partial charge is 0.0265 e. The fraction of sp³-hybridized carbons (Fsp3) is 0.0526. The second-order valence-corrected chi connectivity index (χ2v) is 7.05. The minimum Gasteiger partial charge on any atom is -0.326 e. The number of benzene rings is 3. The van der Waals surface area contributed by atoms with Crippen LogP contribution in [-0.4, -0.2) is 0 Å². The van der Waals surface area contributed by atoms with Gasteiger partial charge in [-0.2, -0.15) is 0 Å². The third kappa shape index (κ3) is 3.95. The van der Waals surface area contributed by atoms with E-state index >= 15 is 0 Å². The van der Waals surface area contributed by atoms with Crippen LogP contribution < -0.4 is 5.73 Å². The topological polar surface area (TPSA) is 26.0 Å². The standard InChI is InChI=1S/C19H17NS2/c20-14-15-11-12-18(21-16-7-3-1-4-8-16)19(13-15)22-17-9-5-2-6-10-17/h1-13H,14,20H2. The van der Waals surface area contributed by atoms with Gasteiger partial charge in [0.1, 0.15) is 0 Å². The third-order valence-electron chi connectivity index (χ3n) is 3.19. The summed E-state index contributed by atoms with van der Waals surface area (Å²) in [6, 6.07) is 27.4. The molecular formula is C19H17NS2. The molecule has 3 aromatic carbocycles. The fourth-order valence-corrected chi connectivity index (χ4v) is 4.09. The largest absolute Gasteiger partial charge is 0.326 e. The maximum Gasteiger partial charge on any atom is 0.0265 e. The third-order valence-corrected chi connectivity index (χ3v) is 5.46. The van der Waals surface area contributed by atoms with E-state index in [2.05, 4.69) is 66.7 Å². The van der Waals surface area contributed by atoms with Gasteiger partial charge in [-0.1, -0.05) is 66.0 Å². The molecule has 0 spiro atoms. The average molecular weight is 323 g/mol. The number of rotatable bonds is 5. The highest BCUT2D eigenvalue weighted by molar-refractivity contribution is 8.02. The van der Waals surface area contributed by atoms with Crippen molar-refractivity contribution in [2.45, 2.75) is 26.1 Å². The van der Waals surface area contributed by atoms with Crippen molar-refractivity contribution < 1.29 is 0 Å². The first-order chi connectivity index (χ1) is 10.8. The number of nitrogens with two attached hydrogens (primary N) is 1. The lowest BCUT2D eigenvalue weighted by Gasteiger charge is -2.11. The summed E-state index contributed by atoms with van der Waals surface area (Å²) in [6.07, 6.45) is 0. The Kier molecular flexibility index (Phi) is 5.22. The van der Waals surface area contributed by atoms with Crippen molar-refractivity contribution in [1.29, 1.82) is 0 Å². The summed E-state index contributed by atoms with van der Waals surface area (Å²) < 4.78 is 0. The van der Waals surface area contributed by atoms with Gasteiger partial charge in [0.25, 0.3) is 0 Å².